The number of hydrogen-bond acceptors (Lipinski definition) is 2. The Bertz CT molecular complexity index is 588. The smallest absolute Gasteiger partial charge is 0.251 e. The van der Waals surface area contributed by atoms with Gasteiger partial charge in [-0.3, -0.25) is 4.79 Å². The molecule has 0 aliphatic carbocycles. The Morgan fingerprint density at radius 3 is 2.79 bits per heavy atom. The van der Waals surface area contributed by atoms with Crippen LogP contribution >= 0.6 is 0 Å². The first-order valence-corrected chi connectivity index (χ1v) is 6.83. The van der Waals surface area contributed by atoms with Crippen molar-refractivity contribution < 1.29 is 4.79 Å². The fourth-order valence-electron chi connectivity index (χ4n) is 2.57. The molecule has 0 bridgehead atoms. The first-order valence-electron chi connectivity index (χ1n) is 6.83. The van der Waals surface area contributed by atoms with Crippen molar-refractivity contribution in [3.63, 3.8) is 0 Å². The van der Waals surface area contributed by atoms with Crippen molar-refractivity contribution in [1.29, 1.82) is 0 Å². The van der Waals surface area contributed by atoms with E-state index in [-0.39, 0.29) is 11.9 Å². The van der Waals surface area contributed by atoms with Gasteiger partial charge in [-0.25, -0.2) is 0 Å². The van der Waals surface area contributed by atoms with Gasteiger partial charge in [-0.05, 0) is 42.3 Å². The van der Waals surface area contributed by atoms with Crippen LogP contribution in [0.4, 0.5) is 0 Å². The highest BCUT2D eigenvalue weighted by Gasteiger charge is 2.16. The largest absolute Gasteiger partial charge is 0.348 e. The van der Waals surface area contributed by atoms with Crippen LogP contribution in [0.2, 0.25) is 0 Å². The molecule has 3 nitrogen and oxygen atoms in total. The summed E-state index contributed by atoms with van der Waals surface area (Å²) >= 11 is 0. The highest BCUT2D eigenvalue weighted by molar-refractivity contribution is 5.98. The van der Waals surface area contributed by atoms with Crippen LogP contribution in [0.25, 0.3) is 10.8 Å². The molecule has 1 heterocycles. The maximum Gasteiger partial charge on any atom is 0.251 e. The molecule has 0 radical (unpaired) electrons. The number of rotatable bonds is 2. The molecule has 0 spiro atoms. The molecule has 1 atom stereocenters. The summed E-state index contributed by atoms with van der Waals surface area (Å²) in [4.78, 5) is 12.2. The number of benzene rings is 2. The van der Waals surface area contributed by atoms with E-state index >= 15 is 0 Å². The van der Waals surface area contributed by atoms with Gasteiger partial charge in [0.15, 0.2) is 0 Å². The van der Waals surface area contributed by atoms with Gasteiger partial charge in [-0.2, -0.15) is 0 Å². The summed E-state index contributed by atoms with van der Waals surface area (Å²) in [5, 5.41) is 8.68. The second-order valence-corrected chi connectivity index (χ2v) is 5.08. The standard InChI is InChI=1S/C16H18N2O/c19-16(18-15-6-3-9-17-11-15)14-8-7-12-4-1-2-5-13(12)10-14/h1-2,4-5,7-8,10,15,17H,3,6,9,11H2,(H,18,19)/t15-/m1/s1. The molecule has 1 saturated heterocycles. The van der Waals surface area contributed by atoms with Crippen LogP contribution < -0.4 is 10.6 Å². The summed E-state index contributed by atoms with van der Waals surface area (Å²) in [6, 6.07) is 14.2. The zero-order valence-corrected chi connectivity index (χ0v) is 10.9. The minimum absolute atomic E-state index is 0.0273. The van der Waals surface area contributed by atoms with Gasteiger partial charge in [-0.15, -0.1) is 0 Å². The molecule has 1 amide bonds. The van der Waals surface area contributed by atoms with Gasteiger partial charge < -0.3 is 10.6 Å². The number of nitrogens with one attached hydrogen (secondary N) is 2. The fraction of sp³-hybridized carbons (Fsp3) is 0.312. The van der Waals surface area contributed by atoms with Crippen molar-refractivity contribution in [2.75, 3.05) is 13.1 Å². The summed E-state index contributed by atoms with van der Waals surface area (Å²) < 4.78 is 0. The van der Waals surface area contributed by atoms with Gasteiger partial charge in [0, 0.05) is 18.2 Å². The molecule has 3 heteroatoms. The van der Waals surface area contributed by atoms with Crippen LogP contribution in [0.15, 0.2) is 42.5 Å². The molecule has 1 fully saturated rings. The van der Waals surface area contributed by atoms with Crippen LogP contribution in [-0.4, -0.2) is 25.0 Å². The van der Waals surface area contributed by atoms with Gasteiger partial charge in [0.1, 0.15) is 0 Å². The molecule has 0 aromatic heterocycles. The number of hydrogen-bond donors (Lipinski definition) is 2. The normalized spacial score (nSPS) is 19.3. The topological polar surface area (TPSA) is 41.1 Å². The highest BCUT2D eigenvalue weighted by atomic mass is 16.1. The van der Waals surface area contributed by atoms with E-state index in [2.05, 4.69) is 16.7 Å². The maximum atomic E-state index is 12.2. The van der Waals surface area contributed by atoms with E-state index in [9.17, 15) is 4.79 Å². The first-order chi connectivity index (χ1) is 9.33. The molecule has 1 aliphatic heterocycles. The Morgan fingerprint density at radius 2 is 2.00 bits per heavy atom. The van der Waals surface area contributed by atoms with Crippen molar-refractivity contribution in [1.82, 2.24) is 10.6 Å². The van der Waals surface area contributed by atoms with Crippen molar-refractivity contribution in [3.8, 4) is 0 Å². The Kier molecular flexibility index (Phi) is 3.47. The Balaban J connectivity index is 1.77. The third kappa shape index (κ3) is 2.76. The van der Waals surface area contributed by atoms with Crippen LogP contribution in [0.5, 0.6) is 0 Å². The Labute approximate surface area is 113 Å². The fourth-order valence-corrected chi connectivity index (χ4v) is 2.57. The Morgan fingerprint density at radius 1 is 1.16 bits per heavy atom. The first kappa shape index (κ1) is 12.2. The molecule has 3 rings (SSSR count). The Hall–Kier alpha value is -1.87. The molecule has 19 heavy (non-hydrogen) atoms. The summed E-state index contributed by atoms with van der Waals surface area (Å²) in [5.74, 6) is 0.0273. The lowest BCUT2D eigenvalue weighted by Crippen LogP contribution is -2.45. The second kappa shape index (κ2) is 5.41. The van der Waals surface area contributed by atoms with Gasteiger partial charge >= 0.3 is 0 Å². The molecule has 2 aromatic rings. The highest BCUT2D eigenvalue weighted by Crippen LogP contribution is 2.16. The molecule has 98 valence electrons. The summed E-state index contributed by atoms with van der Waals surface area (Å²) in [5.41, 5.74) is 0.740. The van der Waals surface area contributed by atoms with E-state index < -0.39 is 0 Å². The summed E-state index contributed by atoms with van der Waals surface area (Å²) in [7, 11) is 0. The lowest BCUT2D eigenvalue weighted by atomic mass is 10.0. The van der Waals surface area contributed by atoms with Crippen molar-refractivity contribution in [3.05, 3.63) is 48.0 Å². The lowest BCUT2D eigenvalue weighted by Gasteiger charge is -2.23. The number of piperidine rings is 1. The van der Waals surface area contributed by atoms with Crippen molar-refractivity contribution in [2.24, 2.45) is 0 Å². The average Bonchev–Trinajstić information content (AvgIpc) is 2.48. The molecular weight excluding hydrogens is 236 g/mol. The lowest BCUT2D eigenvalue weighted by molar-refractivity contribution is 0.0931. The SMILES string of the molecule is O=C(N[C@@H]1CCCNC1)c1ccc2ccccc2c1. The van der Waals surface area contributed by atoms with Gasteiger partial charge in [-0.1, -0.05) is 30.3 Å². The van der Waals surface area contributed by atoms with E-state index in [4.69, 9.17) is 0 Å². The zero-order chi connectivity index (χ0) is 13.1. The van der Waals surface area contributed by atoms with E-state index in [1.165, 1.54) is 5.39 Å². The van der Waals surface area contributed by atoms with Crippen LogP contribution in [0, 0.1) is 0 Å². The number of fused-ring (bicyclic) bond motifs is 1. The number of carbonyl (C=O) groups is 1. The van der Waals surface area contributed by atoms with Gasteiger partial charge in [0.25, 0.3) is 5.91 Å². The van der Waals surface area contributed by atoms with E-state index in [1.54, 1.807) is 0 Å². The molecule has 2 aromatic carbocycles. The van der Waals surface area contributed by atoms with Gasteiger partial charge in [0.05, 0.1) is 0 Å². The quantitative estimate of drug-likeness (QED) is 0.863. The zero-order valence-electron chi connectivity index (χ0n) is 10.9. The second-order valence-electron chi connectivity index (χ2n) is 5.08. The molecular formula is C16H18N2O. The number of carbonyl (C=O) groups excluding carboxylic acids is 1. The summed E-state index contributed by atoms with van der Waals surface area (Å²) in [6.45, 7) is 1.93. The third-order valence-electron chi connectivity index (χ3n) is 3.64. The average molecular weight is 254 g/mol. The third-order valence-corrected chi connectivity index (χ3v) is 3.64. The predicted octanol–water partition coefficient (Wildman–Crippen LogP) is 2.32. The molecule has 0 unspecified atom stereocenters. The number of amides is 1. The van der Waals surface area contributed by atoms with E-state index in [0.717, 1.165) is 36.9 Å². The molecule has 1 aliphatic rings. The van der Waals surface area contributed by atoms with E-state index in [0.29, 0.717) is 0 Å². The van der Waals surface area contributed by atoms with Crippen molar-refractivity contribution >= 4 is 16.7 Å². The van der Waals surface area contributed by atoms with Gasteiger partial charge in [0.2, 0.25) is 0 Å². The monoisotopic (exact) mass is 254 g/mol. The summed E-state index contributed by atoms with van der Waals surface area (Å²) in [6.07, 6.45) is 2.19. The van der Waals surface area contributed by atoms with E-state index in [1.807, 2.05) is 36.4 Å². The minimum Gasteiger partial charge on any atom is -0.348 e. The van der Waals surface area contributed by atoms with Crippen LogP contribution in [0.3, 0.4) is 0 Å². The molecule has 0 saturated carbocycles. The predicted molar refractivity (Wildman–Crippen MR) is 77.3 cm³/mol. The molecule has 2 N–H and O–H groups in total. The van der Waals surface area contributed by atoms with Crippen molar-refractivity contribution in [2.45, 2.75) is 18.9 Å². The maximum absolute atomic E-state index is 12.2. The van der Waals surface area contributed by atoms with Crippen LogP contribution in [0.1, 0.15) is 23.2 Å². The minimum atomic E-state index is 0.0273. The van der Waals surface area contributed by atoms with Crippen LogP contribution in [-0.2, 0) is 0 Å².